The van der Waals surface area contributed by atoms with Crippen LogP contribution in [0.15, 0.2) is 52.4 Å². The molecule has 26 heavy (non-hydrogen) atoms. The van der Waals surface area contributed by atoms with Crippen LogP contribution in [0.3, 0.4) is 0 Å². The monoisotopic (exact) mass is 382 g/mol. The van der Waals surface area contributed by atoms with Gasteiger partial charge >= 0.3 is 0 Å². The Morgan fingerprint density at radius 1 is 1.35 bits per heavy atom. The molecule has 132 valence electrons. The fourth-order valence-corrected chi connectivity index (χ4v) is 4.21. The fourth-order valence-electron chi connectivity index (χ4n) is 2.61. The second kappa shape index (κ2) is 8.26. The minimum absolute atomic E-state index is 0.208. The van der Waals surface area contributed by atoms with Gasteiger partial charge in [0.05, 0.1) is 30.3 Å². The Balaban J connectivity index is 1.98. The SMILES string of the molecule is C#CCn1c(=NC(=O)Cc2cccc(OC)c2)sc2cc(SC)ccc21. The van der Waals surface area contributed by atoms with Crippen molar-refractivity contribution in [2.45, 2.75) is 17.9 Å². The molecule has 0 aliphatic rings. The van der Waals surface area contributed by atoms with Crippen LogP contribution in [0.1, 0.15) is 5.56 Å². The van der Waals surface area contributed by atoms with Gasteiger partial charge in [-0.1, -0.05) is 29.4 Å². The minimum Gasteiger partial charge on any atom is -0.497 e. The summed E-state index contributed by atoms with van der Waals surface area (Å²) in [5, 5.41) is 0. The van der Waals surface area contributed by atoms with Gasteiger partial charge in [-0.2, -0.15) is 4.99 Å². The van der Waals surface area contributed by atoms with Crippen LogP contribution in [-0.4, -0.2) is 23.8 Å². The lowest BCUT2D eigenvalue weighted by Gasteiger charge is -2.02. The number of rotatable bonds is 5. The second-order valence-electron chi connectivity index (χ2n) is 5.54. The lowest BCUT2D eigenvalue weighted by molar-refractivity contribution is -0.117. The van der Waals surface area contributed by atoms with Crippen molar-refractivity contribution >= 4 is 39.2 Å². The van der Waals surface area contributed by atoms with Crippen LogP contribution in [0.5, 0.6) is 5.75 Å². The van der Waals surface area contributed by atoms with Crippen LogP contribution < -0.4 is 9.54 Å². The molecule has 0 spiro atoms. The fraction of sp³-hybridized carbons (Fsp3) is 0.200. The molecule has 0 unspecified atom stereocenters. The van der Waals surface area contributed by atoms with E-state index in [-0.39, 0.29) is 12.3 Å². The van der Waals surface area contributed by atoms with Crippen molar-refractivity contribution in [3.05, 3.63) is 52.8 Å². The van der Waals surface area contributed by atoms with Crippen molar-refractivity contribution in [1.82, 2.24) is 4.57 Å². The maximum atomic E-state index is 12.5. The molecular weight excluding hydrogens is 364 g/mol. The number of ether oxygens (including phenoxy) is 1. The molecule has 0 aliphatic carbocycles. The number of aromatic nitrogens is 1. The van der Waals surface area contributed by atoms with Crippen molar-refractivity contribution in [2.75, 3.05) is 13.4 Å². The van der Waals surface area contributed by atoms with Crippen molar-refractivity contribution < 1.29 is 9.53 Å². The molecule has 0 saturated heterocycles. The van der Waals surface area contributed by atoms with Gasteiger partial charge in [0.15, 0.2) is 4.80 Å². The van der Waals surface area contributed by atoms with Crippen molar-refractivity contribution in [1.29, 1.82) is 0 Å². The smallest absolute Gasteiger partial charge is 0.252 e. The zero-order valence-corrected chi connectivity index (χ0v) is 16.2. The Bertz CT molecular complexity index is 1060. The quantitative estimate of drug-likeness (QED) is 0.499. The van der Waals surface area contributed by atoms with E-state index in [1.807, 2.05) is 41.2 Å². The third kappa shape index (κ3) is 4.01. The number of hydrogen-bond acceptors (Lipinski definition) is 4. The maximum Gasteiger partial charge on any atom is 0.252 e. The van der Waals surface area contributed by atoms with E-state index in [0.717, 1.165) is 21.5 Å². The lowest BCUT2D eigenvalue weighted by atomic mass is 10.1. The first-order valence-electron chi connectivity index (χ1n) is 7.96. The number of hydrogen-bond donors (Lipinski definition) is 0. The number of fused-ring (bicyclic) bond motifs is 1. The molecule has 1 amide bonds. The number of methoxy groups -OCH3 is 1. The summed E-state index contributed by atoms with van der Waals surface area (Å²) in [7, 11) is 1.61. The number of carbonyl (C=O) groups is 1. The molecule has 2 aromatic carbocycles. The summed E-state index contributed by atoms with van der Waals surface area (Å²) >= 11 is 3.16. The van der Waals surface area contributed by atoms with Gasteiger partial charge in [-0.15, -0.1) is 18.2 Å². The number of thiazole rings is 1. The van der Waals surface area contributed by atoms with Crippen LogP contribution in [0, 0.1) is 12.3 Å². The summed E-state index contributed by atoms with van der Waals surface area (Å²) in [5.41, 5.74) is 1.87. The third-order valence-electron chi connectivity index (χ3n) is 3.85. The van der Waals surface area contributed by atoms with Gasteiger partial charge in [-0.3, -0.25) is 4.79 Å². The van der Waals surface area contributed by atoms with Crippen LogP contribution in [0.25, 0.3) is 10.2 Å². The molecule has 0 fully saturated rings. The Hall–Kier alpha value is -2.49. The van der Waals surface area contributed by atoms with Gasteiger partial charge < -0.3 is 9.30 Å². The zero-order valence-electron chi connectivity index (χ0n) is 14.6. The molecule has 0 radical (unpaired) electrons. The highest BCUT2D eigenvalue weighted by Gasteiger charge is 2.09. The van der Waals surface area contributed by atoms with Gasteiger partial charge in [0.2, 0.25) is 0 Å². The average molecular weight is 383 g/mol. The number of benzene rings is 2. The number of terminal acetylenes is 1. The summed E-state index contributed by atoms with van der Waals surface area (Å²) in [6.07, 6.45) is 7.77. The summed E-state index contributed by atoms with van der Waals surface area (Å²) in [4.78, 5) is 18.6. The molecular formula is C20H18N2O2S2. The molecule has 3 aromatic rings. The van der Waals surface area contributed by atoms with Gasteiger partial charge in [0.1, 0.15) is 5.75 Å². The van der Waals surface area contributed by atoms with E-state index in [1.165, 1.54) is 16.2 Å². The Morgan fingerprint density at radius 2 is 2.19 bits per heavy atom. The van der Waals surface area contributed by atoms with E-state index < -0.39 is 0 Å². The standard InChI is InChI=1S/C20H18N2O2S2/c1-4-10-22-17-9-8-16(25-3)13-18(17)26-20(22)21-19(23)12-14-6-5-7-15(11-14)24-2/h1,5-9,11,13H,10,12H2,2-3H3. The highest BCUT2D eigenvalue weighted by Crippen LogP contribution is 2.24. The topological polar surface area (TPSA) is 43.6 Å². The largest absolute Gasteiger partial charge is 0.497 e. The first-order chi connectivity index (χ1) is 12.6. The number of nitrogens with zero attached hydrogens (tertiary/aromatic N) is 2. The van der Waals surface area contributed by atoms with Gasteiger partial charge in [0.25, 0.3) is 5.91 Å². The minimum atomic E-state index is -0.208. The van der Waals surface area contributed by atoms with Crippen molar-refractivity contribution in [3.8, 4) is 18.1 Å². The Labute approximate surface area is 160 Å². The normalized spacial score (nSPS) is 11.5. The molecule has 0 aliphatic heterocycles. The highest BCUT2D eigenvalue weighted by atomic mass is 32.2. The summed E-state index contributed by atoms with van der Waals surface area (Å²) in [6, 6.07) is 13.6. The van der Waals surface area contributed by atoms with Crippen molar-refractivity contribution in [3.63, 3.8) is 0 Å². The third-order valence-corrected chi connectivity index (χ3v) is 5.62. The predicted octanol–water partition coefficient (Wildman–Crippen LogP) is 3.74. The maximum absolute atomic E-state index is 12.5. The molecule has 6 heteroatoms. The van der Waals surface area contributed by atoms with Crippen LogP contribution >= 0.6 is 23.1 Å². The average Bonchev–Trinajstić information content (AvgIpc) is 2.98. The summed E-state index contributed by atoms with van der Waals surface area (Å²) < 4.78 is 8.18. The van der Waals surface area contributed by atoms with E-state index in [9.17, 15) is 4.79 Å². The molecule has 0 saturated carbocycles. The van der Waals surface area contributed by atoms with Crippen molar-refractivity contribution in [2.24, 2.45) is 4.99 Å². The first kappa shape index (κ1) is 18.3. The van der Waals surface area contributed by atoms with Crippen LogP contribution in [0.2, 0.25) is 0 Å². The first-order valence-corrected chi connectivity index (χ1v) is 10.00. The van der Waals surface area contributed by atoms with Crippen LogP contribution in [-0.2, 0) is 17.8 Å². The zero-order chi connectivity index (χ0) is 18.5. The van der Waals surface area contributed by atoms with Crippen LogP contribution in [0.4, 0.5) is 0 Å². The van der Waals surface area contributed by atoms with Gasteiger partial charge in [0, 0.05) is 4.90 Å². The molecule has 4 nitrogen and oxygen atoms in total. The van der Waals surface area contributed by atoms with E-state index in [0.29, 0.717) is 11.3 Å². The van der Waals surface area contributed by atoms with E-state index in [4.69, 9.17) is 11.2 Å². The second-order valence-corrected chi connectivity index (χ2v) is 7.43. The Kier molecular flexibility index (Phi) is 5.82. The summed E-state index contributed by atoms with van der Waals surface area (Å²) in [6.45, 7) is 0.379. The Morgan fingerprint density at radius 3 is 2.92 bits per heavy atom. The lowest BCUT2D eigenvalue weighted by Crippen LogP contribution is -2.17. The molecule has 3 rings (SSSR count). The molecule has 0 atom stereocenters. The van der Waals surface area contributed by atoms with Gasteiger partial charge in [-0.05, 0) is 42.2 Å². The van der Waals surface area contributed by atoms with Gasteiger partial charge in [-0.25, -0.2) is 0 Å². The number of thioether (sulfide) groups is 1. The molecule has 0 bridgehead atoms. The predicted molar refractivity (Wildman–Crippen MR) is 108 cm³/mol. The molecule has 1 aromatic heterocycles. The molecule has 0 N–H and O–H groups in total. The number of carbonyl (C=O) groups excluding carboxylic acids is 1. The van der Waals surface area contributed by atoms with E-state index in [1.54, 1.807) is 18.9 Å². The van der Waals surface area contributed by atoms with E-state index >= 15 is 0 Å². The molecule has 1 heterocycles. The number of amides is 1. The van der Waals surface area contributed by atoms with E-state index in [2.05, 4.69) is 23.0 Å². The highest BCUT2D eigenvalue weighted by molar-refractivity contribution is 7.98. The summed E-state index contributed by atoms with van der Waals surface area (Å²) in [5.74, 6) is 3.16.